The van der Waals surface area contributed by atoms with E-state index in [0.717, 1.165) is 16.8 Å². The monoisotopic (exact) mass is 499 g/mol. The van der Waals surface area contributed by atoms with Gasteiger partial charge in [-0.05, 0) is 41.5 Å². The smallest absolute Gasteiger partial charge is 0.185 e. The van der Waals surface area contributed by atoms with Gasteiger partial charge in [-0.15, -0.1) is 0 Å². The van der Waals surface area contributed by atoms with E-state index in [2.05, 4.69) is 0 Å². The number of fused-ring (bicyclic) bond motifs is 5. The SMILES string of the molecule is O=C(c1ccc(F)cc1)[C@H]1[C@H](c2ccccc2)C2(C(=O)c3ccccc3C2=O)[C@H]2C=Cc3ccccc3N12. The third kappa shape index (κ3) is 2.87. The molecule has 1 saturated heterocycles. The van der Waals surface area contributed by atoms with E-state index >= 15 is 0 Å². The van der Waals surface area contributed by atoms with Crippen LogP contribution in [0, 0.1) is 11.2 Å². The Bertz CT molecular complexity index is 1620. The Balaban J connectivity index is 1.54. The summed E-state index contributed by atoms with van der Waals surface area (Å²) < 4.78 is 13.8. The Morgan fingerprint density at radius 2 is 1.34 bits per heavy atom. The molecule has 0 unspecified atom stereocenters. The predicted octanol–water partition coefficient (Wildman–Crippen LogP) is 6.14. The van der Waals surface area contributed by atoms with Gasteiger partial charge < -0.3 is 4.90 Å². The summed E-state index contributed by atoms with van der Waals surface area (Å²) in [6, 6.07) is 27.9. The van der Waals surface area contributed by atoms with Crippen LogP contribution in [0.5, 0.6) is 0 Å². The molecule has 0 amide bonds. The van der Waals surface area contributed by atoms with Crippen LogP contribution in [0.2, 0.25) is 0 Å². The summed E-state index contributed by atoms with van der Waals surface area (Å²) in [7, 11) is 0. The first-order valence-corrected chi connectivity index (χ1v) is 12.6. The number of rotatable bonds is 3. The number of anilines is 1. The quantitative estimate of drug-likeness (QED) is 0.251. The average Bonchev–Trinajstić information content (AvgIpc) is 3.40. The number of ketones is 3. The van der Waals surface area contributed by atoms with Crippen LogP contribution in [0.3, 0.4) is 0 Å². The van der Waals surface area contributed by atoms with Gasteiger partial charge in [-0.25, -0.2) is 4.39 Å². The summed E-state index contributed by atoms with van der Waals surface area (Å²) >= 11 is 0. The molecule has 4 aromatic carbocycles. The highest BCUT2D eigenvalue weighted by Gasteiger charge is 2.71. The second-order valence-electron chi connectivity index (χ2n) is 10.0. The van der Waals surface area contributed by atoms with Gasteiger partial charge in [0.25, 0.3) is 0 Å². The lowest BCUT2D eigenvalue weighted by molar-refractivity contribution is 0.0666. The van der Waals surface area contributed by atoms with Crippen molar-refractivity contribution in [3.8, 4) is 0 Å². The van der Waals surface area contributed by atoms with Crippen LogP contribution in [-0.4, -0.2) is 29.4 Å². The molecule has 4 aromatic rings. The summed E-state index contributed by atoms with van der Waals surface area (Å²) in [5.74, 6) is -2.00. The average molecular weight is 500 g/mol. The second-order valence-corrected chi connectivity index (χ2v) is 10.0. The van der Waals surface area contributed by atoms with E-state index in [-0.39, 0.29) is 17.3 Å². The number of benzene rings is 4. The van der Waals surface area contributed by atoms with Crippen LogP contribution in [0.1, 0.15) is 48.1 Å². The highest BCUT2D eigenvalue weighted by atomic mass is 19.1. The molecule has 2 aliphatic heterocycles. The summed E-state index contributed by atoms with van der Waals surface area (Å²) in [5.41, 5.74) is 2.00. The van der Waals surface area contributed by atoms with E-state index in [1.54, 1.807) is 24.3 Å². The standard InChI is InChI=1S/C33H22FNO3/c34-23-17-14-22(15-18-23)30(36)29-28(21-9-2-1-3-10-21)33(31(37)24-11-5-6-12-25(24)32(33)38)27-19-16-20-8-4-7-13-26(20)35(27)29/h1-19,27-29H/t27-,28+,29-/m1/s1. The fraction of sp³-hybridized carbons (Fsp3) is 0.121. The number of nitrogens with zero attached hydrogens (tertiary/aromatic N) is 1. The first-order valence-electron chi connectivity index (χ1n) is 12.6. The van der Waals surface area contributed by atoms with E-state index in [0.29, 0.717) is 16.7 Å². The van der Waals surface area contributed by atoms with Crippen molar-refractivity contribution in [2.24, 2.45) is 5.41 Å². The molecular formula is C33H22FNO3. The lowest BCUT2D eigenvalue weighted by Crippen LogP contribution is -2.48. The first-order chi connectivity index (χ1) is 18.5. The number of halogens is 1. The van der Waals surface area contributed by atoms with Gasteiger partial charge in [0.1, 0.15) is 17.3 Å². The fourth-order valence-electron chi connectivity index (χ4n) is 6.74. The number of hydrogen-bond acceptors (Lipinski definition) is 4. The lowest BCUT2D eigenvalue weighted by atomic mass is 9.64. The minimum absolute atomic E-state index is 0.262. The summed E-state index contributed by atoms with van der Waals surface area (Å²) in [6.45, 7) is 0. The Kier molecular flexibility index (Phi) is 4.86. The molecule has 38 heavy (non-hydrogen) atoms. The van der Waals surface area contributed by atoms with Crippen molar-refractivity contribution in [2.75, 3.05) is 4.90 Å². The van der Waals surface area contributed by atoms with Crippen molar-refractivity contribution in [3.05, 3.63) is 143 Å². The Morgan fingerprint density at radius 3 is 2.03 bits per heavy atom. The summed E-state index contributed by atoms with van der Waals surface area (Å²) in [6.07, 6.45) is 3.84. The van der Waals surface area contributed by atoms with Gasteiger partial charge in [-0.1, -0.05) is 84.9 Å². The number of Topliss-reactive ketones (excluding diaryl/α,β-unsaturated/α-hetero) is 3. The largest absolute Gasteiger partial charge is 0.352 e. The Labute approximate surface area is 219 Å². The minimum Gasteiger partial charge on any atom is -0.352 e. The first kappa shape index (κ1) is 22.5. The molecule has 1 aliphatic carbocycles. The molecule has 0 aromatic heterocycles. The van der Waals surface area contributed by atoms with E-state index in [1.165, 1.54) is 24.3 Å². The number of carbonyl (C=O) groups excluding carboxylic acids is 3. The maximum Gasteiger partial charge on any atom is 0.185 e. The topological polar surface area (TPSA) is 54.5 Å². The predicted molar refractivity (Wildman–Crippen MR) is 143 cm³/mol. The van der Waals surface area contributed by atoms with Crippen molar-refractivity contribution in [1.82, 2.24) is 0 Å². The highest BCUT2D eigenvalue weighted by molar-refractivity contribution is 6.32. The van der Waals surface area contributed by atoms with Crippen LogP contribution in [0.4, 0.5) is 10.1 Å². The van der Waals surface area contributed by atoms with Crippen molar-refractivity contribution in [3.63, 3.8) is 0 Å². The van der Waals surface area contributed by atoms with Crippen molar-refractivity contribution in [1.29, 1.82) is 0 Å². The van der Waals surface area contributed by atoms with Gasteiger partial charge in [0.2, 0.25) is 0 Å². The molecule has 3 aliphatic rings. The zero-order valence-electron chi connectivity index (χ0n) is 20.3. The normalized spacial score (nSPS) is 22.3. The van der Waals surface area contributed by atoms with E-state index in [4.69, 9.17) is 0 Å². The Morgan fingerprint density at radius 1 is 0.737 bits per heavy atom. The summed E-state index contributed by atoms with van der Waals surface area (Å²) in [4.78, 5) is 45.4. The van der Waals surface area contributed by atoms with Gasteiger partial charge in [0.15, 0.2) is 17.3 Å². The van der Waals surface area contributed by atoms with Gasteiger partial charge >= 0.3 is 0 Å². The molecule has 3 atom stereocenters. The van der Waals surface area contributed by atoms with Crippen molar-refractivity contribution < 1.29 is 18.8 Å². The molecule has 184 valence electrons. The maximum absolute atomic E-state index is 14.5. The second kappa shape index (κ2) is 8.18. The number of hydrogen-bond donors (Lipinski definition) is 0. The molecular weight excluding hydrogens is 477 g/mol. The molecule has 0 N–H and O–H groups in total. The molecule has 0 radical (unpaired) electrons. The van der Waals surface area contributed by atoms with Crippen LogP contribution in [-0.2, 0) is 0 Å². The minimum atomic E-state index is -1.53. The summed E-state index contributed by atoms with van der Waals surface area (Å²) in [5, 5.41) is 0. The van der Waals surface area contributed by atoms with Gasteiger partial charge in [-0.2, -0.15) is 0 Å². The van der Waals surface area contributed by atoms with Gasteiger partial charge in [-0.3, -0.25) is 14.4 Å². The Hall–Kier alpha value is -4.64. The maximum atomic E-state index is 14.5. The molecule has 7 rings (SSSR count). The van der Waals surface area contributed by atoms with E-state index in [1.807, 2.05) is 71.6 Å². The molecule has 5 heteroatoms. The third-order valence-corrected chi connectivity index (χ3v) is 8.27. The van der Waals surface area contributed by atoms with Gasteiger partial charge in [0, 0.05) is 28.3 Å². The van der Waals surface area contributed by atoms with E-state index in [9.17, 15) is 18.8 Å². The van der Waals surface area contributed by atoms with Crippen molar-refractivity contribution >= 4 is 29.1 Å². The highest BCUT2D eigenvalue weighted by Crippen LogP contribution is 2.60. The van der Waals surface area contributed by atoms with Crippen LogP contribution in [0.15, 0.2) is 109 Å². The zero-order valence-corrected chi connectivity index (χ0v) is 20.3. The van der Waals surface area contributed by atoms with Crippen LogP contribution < -0.4 is 4.90 Å². The van der Waals surface area contributed by atoms with Crippen LogP contribution >= 0.6 is 0 Å². The number of carbonyl (C=O) groups is 3. The van der Waals surface area contributed by atoms with Crippen molar-refractivity contribution in [2.45, 2.75) is 18.0 Å². The van der Waals surface area contributed by atoms with Crippen LogP contribution in [0.25, 0.3) is 6.08 Å². The number of para-hydroxylation sites is 1. The molecule has 0 saturated carbocycles. The molecule has 4 nitrogen and oxygen atoms in total. The molecule has 0 bridgehead atoms. The zero-order chi connectivity index (χ0) is 26.0. The molecule has 2 heterocycles. The van der Waals surface area contributed by atoms with Gasteiger partial charge in [0.05, 0.1) is 6.04 Å². The lowest BCUT2D eigenvalue weighted by Gasteiger charge is -2.37. The van der Waals surface area contributed by atoms with E-state index < -0.39 is 29.2 Å². The third-order valence-electron chi connectivity index (χ3n) is 8.27. The fourth-order valence-corrected chi connectivity index (χ4v) is 6.74. The molecule has 1 fully saturated rings. The molecule has 1 spiro atoms.